The second kappa shape index (κ2) is 5.56. The summed E-state index contributed by atoms with van der Waals surface area (Å²) in [5.74, 6) is 2.00. The molecule has 3 fully saturated rings. The second-order valence-corrected chi connectivity index (χ2v) is 7.07. The molecule has 2 aromatic rings. The van der Waals surface area contributed by atoms with Crippen molar-refractivity contribution in [3.63, 3.8) is 0 Å². The third-order valence-corrected chi connectivity index (χ3v) is 5.60. The summed E-state index contributed by atoms with van der Waals surface area (Å²) < 4.78 is 11.5. The summed E-state index contributed by atoms with van der Waals surface area (Å²) in [5.41, 5.74) is 1.46. The van der Waals surface area contributed by atoms with E-state index in [0.717, 1.165) is 29.9 Å². The first-order valence-electron chi connectivity index (χ1n) is 8.78. The molecule has 4 aliphatic heterocycles. The molecular weight excluding hydrogens is 318 g/mol. The quantitative estimate of drug-likeness (QED) is 0.901. The Morgan fingerprint density at radius 3 is 2.92 bits per heavy atom. The lowest BCUT2D eigenvalue weighted by molar-refractivity contribution is -0.0829. The molecule has 6 rings (SSSR count). The van der Waals surface area contributed by atoms with Crippen molar-refractivity contribution in [2.24, 2.45) is 10.9 Å². The van der Waals surface area contributed by atoms with Gasteiger partial charge in [-0.2, -0.15) is 0 Å². The highest BCUT2D eigenvalue weighted by atomic mass is 16.5. The Balaban J connectivity index is 1.35. The van der Waals surface area contributed by atoms with Crippen molar-refractivity contribution < 1.29 is 9.47 Å². The van der Waals surface area contributed by atoms with Crippen LogP contribution in [0.25, 0.3) is 11.0 Å². The summed E-state index contributed by atoms with van der Waals surface area (Å²) in [6, 6.07) is 6.22. The average molecular weight is 339 g/mol. The third kappa shape index (κ3) is 2.50. The molecule has 0 radical (unpaired) electrons. The van der Waals surface area contributed by atoms with Gasteiger partial charge in [0.05, 0.1) is 30.9 Å². The highest BCUT2D eigenvalue weighted by Gasteiger charge is 2.51. The molecule has 1 spiro atoms. The van der Waals surface area contributed by atoms with Crippen molar-refractivity contribution in [3.8, 4) is 5.75 Å². The molecule has 130 valence electrons. The zero-order chi connectivity index (χ0) is 16.9. The molecule has 4 aliphatic rings. The lowest BCUT2D eigenvalue weighted by Crippen LogP contribution is -2.61. The van der Waals surface area contributed by atoms with Gasteiger partial charge in [-0.05, 0) is 38.1 Å². The summed E-state index contributed by atoms with van der Waals surface area (Å²) in [6.45, 7) is 4.09. The molecule has 0 aliphatic carbocycles. The van der Waals surface area contributed by atoms with E-state index in [1.165, 1.54) is 25.9 Å². The molecule has 25 heavy (non-hydrogen) atoms. The zero-order valence-corrected chi connectivity index (χ0v) is 14.2. The fourth-order valence-electron chi connectivity index (χ4n) is 4.24. The lowest BCUT2D eigenvalue weighted by Gasteiger charge is -2.50. The molecule has 0 amide bonds. The minimum atomic E-state index is -0.146. The summed E-state index contributed by atoms with van der Waals surface area (Å²) >= 11 is 0. The number of hydrogen-bond acceptors (Lipinski definition) is 7. The number of rotatable bonds is 2. The van der Waals surface area contributed by atoms with Gasteiger partial charge in [-0.15, -0.1) is 0 Å². The van der Waals surface area contributed by atoms with Crippen LogP contribution in [0.4, 0.5) is 5.82 Å². The molecule has 0 saturated carbocycles. The Morgan fingerprint density at radius 1 is 1.28 bits per heavy atom. The predicted molar refractivity (Wildman–Crippen MR) is 95.0 cm³/mol. The van der Waals surface area contributed by atoms with Gasteiger partial charge in [0.25, 0.3) is 6.02 Å². The van der Waals surface area contributed by atoms with Gasteiger partial charge < -0.3 is 9.47 Å². The molecule has 1 aromatic heterocycles. The first-order valence-corrected chi connectivity index (χ1v) is 8.78. The Morgan fingerprint density at radius 2 is 2.16 bits per heavy atom. The van der Waals surface area contributed by atoms with Gasteiger partial charge in [-0.1, -0.05) is 0 Å². The van der Waals surface area contributed by atoms with Gasteiger partial charge in [0.15, 0.2) is 5.82 Å². The first kappa shape index (κ1) is 14.9. The van der Waals surface area contributed by atoms with E-state index in [2.05, 4.69) is 25.2 Å². The van der Waals surface area contributed by atoms with Crippen LogP contribution in [0.1, 0.15) is 12.8 Å². The van der Waals surface area contributed by atoms with Crippen molar-refractivity contribution in [1.82, 2.24) is 14.9 Å². The maximum atomic E-state index is 6.29. The van der Waals surface area contributed by atoms with E-state index in [1.54, 1.807) is 13.3 Å². The zero-order valence-electron chi connectivity index (χ0n) is 14.2. The van der Waals surface area contributed by atoms with E-state index in [0.29, 0.717) is 17.8 Å². The summed E-state index contributed by atoms with van der Waals surface area (Å²) in [6.07, 6.45) is 4.12. The summed E-state index contributed by atoms with van der Waals surface area (Å²) in [4.78, 5) is 16.1. The maximum absolute atomic E-state index is 6.29. The molecule has 0 unspecified atom stereocenters. The van der Waals surface area contributed by atoms with E-state index in [9.17, 15) is 0 Å². The van der Waals surface area contributed by atoms with Gasteiger partial charge in [0.1, 0.15) is 11.4 Å². The van der Waals surface area contributed by atoms with Gasteiger partial charge in [0, 0.05) is 18.5 Å². The van der Waals surface area contributed by atoms with Crippen molar-refractivity contribution in [1.29, 1.82) is 0 Å². The topological polar surface area (TPSA) is 71.9 Å². The fourth-order valence-corrected chi connectivity index (χ4v) is 4.24. The van der Waals surface area contributed by atoms with Gasteiger partial charge in [-0.25, -0.2) is 9.98 Å². The molecule has 7 heteroatoms. The Kier molecular flexibility index (Phi) is 3.31. The largest absolute Gasteiger partial charge is 0.497 e. The fraction of sp³-hybridized carbons (Fsp3) is 0.500. The SMILES string of the molecule is COc1ccc2ncc(NC3=NC[C@@]4(CN5CCC4CC5)O3)nc2c1. The molecule has 5 heterocycles. The first-order chi connectivity index (χ1) is 12.2. The average Bonchev–Trinajstić information content (AvgIpc) is 3.04. The van der Waals surface area contributed by atoms with Crippen molar-refractivity contribution in [2.45, 2.75) is 18.4 Å². The van der Waals surface area contributed by atoms with Crippen LogP contribution < -0.4 is 10.1 Å². The van der Waals surface area contributed by atoms with E-state index in [4.69, 9.17) is 9.47 Å². The smallest absolute Gasteiger partial charge is 0.291 e. The molecule has 3 saturated heterocycles. The van der Waals surface area contributed by atoms with Gasteiger partial charge >= 0.3 is 0 Å². The maximum Gasteiger partial charge on any atom is 0.291 e. The van der Waals surface area contributed by atoms with E-state index >= 15 is 0 Å². The van der Waals surface area contributed by atoms with Crippen LogP contribution in [-0.2, 0) is 4.74 Å². The number of amidine groups is 1. The Bertz CT molecular complexity index is 846. The summed E-state index contributed by atoms with van der Waals surface area (Å²) in [7, 11) is 1.64. The highest BCUT2D eigenvalue weighted by Crippen LogP contribution is 2.40. The van der Waals surface area contributed by atoms with Gasteiger partial charge in [-0.3, -0.25) is 15.2 Å². The molecular formula is C18H21N5O2. The lowest BCUT2D eigenvalue weighted by atomic mass is 9.75. The minimum absolute atomic E-state index is 0.146. The number of benzene rings is 1. The number of aromatic nitrogens is 2. The van der Waals surface area contributed by atoms with E-state index in [-0.39, 0.29) is 5.60 Å². The van der Waals surface area contributed by atoms with Crippen LogP contribution in [0, 0.1) is 5.92 Å². The Hall–Kier alpha value is -2.41. The molecule has 1 atom stereocenters. The number of aliphatic imine (C=N–C) groups is 1. The monoisotopic (exact) mass is 339 g/mol. The number of piperidine rings is 3. The number of fused-ring (bicyclic) bond motifs is 3. The van der Waals surface area contributed by atoms with Crippen LogP contribution in [0.2, 0.25) is 0 Å². The molecule has 7 nitrogen and oxygen atoms in total. The molecule has 1 aromatic carbocycles. The Labute approximate surface area is 146 Å². The highest BCUT2D eigenvalue weighted by molar-refractivity contribution is 5.90. The standard InChI is InChI=1S/C18H21N5O2/c1-24-13-2-3-14-15(8-13)21-16(9-19-14)22-17-20-10-18(25-17)11-23-6-4-12(18)5-7-23/h2-3,8-9,12H,4-7,10-11H2,1H3,(H,20,21,22)/t18-/m0/s1. The normalized spacial score (nSPS) is 30.4. The van der Waals surface area contributed by atoms with Crippen molar-refractivity contribution in [2.75, 3.05) is 38.6 Å². The number of ether oxygens (including phenoxy) is 2. The molecule has 1 N–H and O–H groups in total. The predicted octanol–water partition coefficient (Wildman–Crippen LogP) is 1.90. The van der Waals surface area contributed by atoms with Crippen LogP contribution in [0.5, 0.6) is 5.75 Å². The third-order valence-electron chi connectivity index (χ3n) is 5.60. The van der Waals surface area contributed by atoms with Crippen molar-refractivity contribution >= 4 is 22.9 Å². The van der Waals surface area contributed by atoms with Gasteiger partial charge in [0.2, 0.25) is 0 Å². The minimum Gasteiger partial charge on any atom is -0.497 e. The van der Waals surface area contributed by atoms with Crippen LogP contribution in [0.3, 0.4) is 0 Å². The van der Waals surface area contributed by atoms with E-state index in [1.807, 2.05) is 18.2 Å². The van der Waals surface area contributed by atoms with Crippen molar-refractivity contribution in [3.05, 3.63) is 24.4 Å². The number of nitrogens with one attached hydrogen (secondary N) is 1. The van der Waals surface area contributed by atoms with Crippen LogP contribution in [0.15, 0.2) is 29.4 Å². The molecule has 2 bridgehead atoms. The van der Waals surface area contributed by atoms with E-state index < -0.39 is 0 Å². The second-order valence-electron chi connectivity index (χ2n) is 7.07. The number of anilines is 1. The number of methoxy groups -OCH3 is 1. The number of hydrogen-bond donors (Lipinski definition) is 1. The van der Waals surface area contributed by atoms with Crippen LogP contribution in [-0.4, -0.2) is 59.8 Å². The summed E-state index contributed by atoms with van der Waals surface area (Å²) in [5, 5.41) is 3.20. The number of nitrogens with zero attached hydrogens (tertiary/aromatic N) is 4. The van der Waals surface area contributed by atoms with Crippen LogP contribution >= 0.6 is 0 Å².